The minimum absolute atomic E-state index is 0.144. The Balaban J connectivity index is 1.65. The highest BCUT2D eigenvalue weighted by Gasteiger charge is 2.19. The third-order valence-electron chi connectivity index (χ3n) is 4.15. The number of anilines is 2. The van der Waals surface area contributed by atoms with Gasteiger partial charge < -0.3 is 15.3 Å². The summed E-state index contributed by atoms with van der Waals surface area (Å²) in [5.74, 6) is 1.91. The number of aromatic nitrogens is 2. The van der Waals surface area contributed by atoms with Crippen LogP contribution in [0.2, 0.25) is 0 Å². The molecule has 2 heterocycles. The molecule has 0 radical (unpaired) electrons. The van der Waals surface area contributed by atoms with Gasteiger partial charge in [-0.2, -0.15) is 0 Å². The summed E-state index contributed by atoms with van der Waals surface area (Å²) in [4.78, 5) is 10.9. The molecule has 0 unspecified atom stereocenters. The number of piperidine rings is 1. The molecule has 0 amide bonds. The van der Waals surface area contributed by atoms with Gasteiger partial charge in [-0.1, -0.05) is 12.8 Å². The smallest absolute Gasteiger partial charge is 0.134 e. The molecule has 2 fully saturated rings. The van der Waals surface area contributed by atoms with Gasteiger partial charge in [0.05, 0.1) is 6.10 Å². The fourth-order valence-corrected chi connectivity index (χ4v) is 2.97. The van der Waals surface area contributed by atoms with Crippen LogP contribution in [0.4, 0.5) is 11.6 Å². The summed E-state index contributed by atoms with van der Waals surface area (Å²) >= 11 is 0. The molecule has 0 bridgehead atoms. The first kappa shape index (κ1) is 12.7. The molecule has 1 aliphatic carbocycles. The number of hydrogen-bond donors (Lipinski definition) is 2. The standard InChI is InChI=1S/C14H22N4O/c19-12-5-7-18(8-6-12)14-9-13(15-10-16-14)17-11-3-1-2-4-11/h9-12,19H,1-8H2,(H,15,16,17). The number of aliphatic hydroxyl groups is 1. The molecule has 0 aromatic carbocycles. The summed E-state index contributed by atoms with van der Waals surface area (Å²) in [5.41, 5.74) is 0. The second kappa shape index (κ2) is 5.74. The lowest BCUT2D eigenvalue weighted by atomic mass is 10.1. The van der Waals surface area contributed by atoms with Gasteiger partial charge in [-0.15, -0.1) is 0 Å². The fourth-order valence-electron chi connectivity index (χ4n) is 2.97. The van der Waals surface area contributed by atoms with Gasteiger partial charge in [0.2, 0.25) is 0 Å². The normalized spacial score (nSPS) is 21.8. The topological polar surface area (TPSA) is 61.3 Å². The summed E-state index contributed by atoms with van der Waals surface area (Å²) in [6.07, 6.45) is 8.28. The predicted octanol–water partition coefficient (Wildman–Crippen LogP) is 1.79. The Morgan fingerprint density at radius 2 is 1.84 bits per heavy atom. The largest absolute Gasteiger partial charge is 0.393 e. The minimum Gasteiger partial charge on any atom is -0.393 e. The second-order valence-electron chi connectivity index (χ2n) is 5.61. The minimum atomic E-state index is -0.144. The first-order valence-electron chi connectivity index (χ1n) is 7.33. The molecule has 1 aliphatic heterocycles. The van der Waals surface area contributed by atoms with E-state index in [9.17, 15) is 5.11 Å². The zero-order valence-electron chi connectivity index (χ0n) is 11.3. The van der Waals surface area contributed by atoms with Crippen molar-refractivity contribution in [2.24, 2.45) is 0 Å². The number of aliphatic hydroxyl groups excluding tert-OH is 1. The van der Waals surface area contributed by atoms with Crippen molar-refractivity contribution < 1.29 is 5.11 Å². The molecule has 2 aliphatic rings. The summed E-state index contributed by atoms with van der Waals surface area (Å²) in [7, 11) is 0. The predicted molar refractivity (Wildman–Crippen MR) is 75.4 cm³/mol. The van der Waals surface area contributed by atoms with Crippen molar-refractivity contribution in [2.45, 2.75) is 50.7 Å². The van der Waals surface area contributed by atoms with Gasteiger partial charge in [0, 0.05) is 25.2 Å². The van der Waals surface area contributed by atoms with Gasteiger partial charge in [0.15, 0.2) is 0 Å². The molecule has 2 N–H and O–H groups in total. The van der Waals surface area contributed by atoms with E-state index in [-0.39, 0.29) is 6.10 Å². The molecule has 1 aromatic rings. The van der Waals surface area contributed by atoms with E-state index >= 15 is 0 Å². The van der Waals surface area contributed by atoms with E-state index in [0.717, 1.165) is 37.6 Å². The van der Waals surface area contributed by atoms with E-state index in [1.54, 1.807) is 6.33 Å². The van der Waals surface area contributed by atoms with Crippen molar-refractivity contribution in [2.75, 3.05) is 23.3 Å². The number of nitrogens with zero attached hydrogens (tertiary/aromatic N) is 3. The van der Waals surface area contributed by atoms with Crippen molar-refractivity contribution >= 4 is 11.6 Å². The Morgan fingerprint density at radius 1 is 1.11 bits per heavy atom. The number of rotatable bonds is 3. The van der Waals surface area contributed by atoms with Gasteiger partial charge in [-0.3, -0.25) is 0 Å². The van der Waals surface area contributed by atoms with Crippen molar-refractivity contribution in [3.05, 3.63) is 12.4 Å². The first-order chi connectivity index (χ1) is 9.31. The third kappa shape index (κ3) is 3.15. The lowest BCUT2D eigenvalue weighted by Crippen LogP contribution is -2.36. The van der Waals surface area contributed by atoms with Gasteiger partial charge in [-0.25, -0.2) is 9.97 Å². The van der Waals surface area contributed by atoms with Crippen molar-refractivity contribution in [1.82, 2.24) is 9.97 Å². The number of hydrogen-bond acceptors (Lipinski definition) is 5. The fraction of sp³-hybridized carbons (Fsp3) is 0.714. The maximum atomic E-state index is 9.55. The molecular weight excluding hydrogens is 240 g/mol. The maximum Gasteiger partial charge on any atom is 0.134 e. The van der Waals surface area contributed by atoms with Crippen LogP contribution < -0.4 is 10.2 Å². The van der Waals surface area contributed by atoms with E-state index in [1.807, 2.05) is 6.07 Å². The zero-order valence-corrected chi connectivity index (χ0v) is 11.3. The van der Waals surface area contributed by atoms with Crippen LogP contribution in [-0.4, -0.2) is 40.3 Å². The van der Waals surface area contributed by atoms with E-state index in [4.69, 9.17) is 0 Å². The van der Waals surface area contributed by atoms with Gasteiger partial charge in [-0.05, 0) is 25.7 Å². The van der Waals surface area contributed by atoms with E-state index < -0.39 is 0 Å². The molecule has 1 aromatic heterocycles. The molecule has 104 valence electrons. The molecule has 19 heavy (non-hydrogen) atoms. The summed E-state index contributed by atoms with van der Waals surface area (Å²) in [6.45, 7) is 1.75. The van der Waals surface area contributed by atoms with E-state index in [2.05, 4.69) is 20.2 Å². The lowest BCUT2D eigenvalue weighted by molar-refractivity contribution is 0.145. The van der Waals surface area contributed by atoms with Gasteiger partial charge >= 0.3 is 0 Å². The third-order valence-corrected chi connectivity index (χ3v) is 4.15. The molecule has 5 nitrogen and oxygen atoms in total. The van der Waals surface area contributed by atoms with Crippen LogP contribution in [0.25, 0.3) is 0 Å². The zero-order chi connectivity index (χ0) is 13.1. The highest BCUT2D eigenvalue weighted by atomic mass is 16.3. The van der Waals surface area contributed by atoms with Crippen LogP contribution in [0.1, 0.15) is 38.5 Å². The Morgan fingerprint density at radius 3 is 2.58 bits per heavy atom. The van der Waals surface area contributed by atoms with Crippen LogP contribution in [-0.2, 0) is 0 Å². The quantitative estimate of drug-likeness (QED) is 0.869. The van der Waals surface area contributed by atoms with Crippen LogP contribution >= 0.6 is 0 Å². The first-order valence-corrected chi connectivity index (χ1v) is 7.33. The summed E-state index contributed by atoms with van der Waals surface area (Å²) in [6, 6.07) is 2.61. The molecular formula is C14H22N4O. The van der Waals surface area contributed by atoms with Crippen LogP contribution in [0.5, 0.6) is 0 Å². The highest BCUT2D eigenvalue weighted by Crippen LogP contribution is 2.23. The average Bonchev–Trinajstić information content (AvgIpc) is 2.93. The van der Waals surface area contributed by atoms with Gasteiger partial charge in [0.1, 0.15) is 18.0 Å². The molecule has 5 heteroatoms. The van der Waals surface area contributed by atoms with Gasteiger partial charge in [0.25, 0.3) is 0 Å². The molecule has 1 saturated heterocycles. The number of nitrogens with one attached hydrogen (secondary N) is 1. The maximum absolute atomic E-state index is 9.55. The average molecular weight is 262 g/mol. The monoisotopic (exact) mass is 262 g/mol. The van der Waals surface area contributed by atoms with Crippen molar-refractivity contribution in [3.8, 4) is 0 Å². The highest BCUT2D eigenvalue weighted by molar-refractivity contribution is 5.49. The van der Waals surface area contributed by atoms with Crippen LogP contribution in [0.15, 0.2) is 12.4 Å². The van der Waals surface area contributed by atoms with Crippen LogP contribution in [0, 0.1) is 0 Å². The SMILES string of the molecule is OC1CCN(c2cc(NC3CCCC3)ncn2)CC1. The Hall–Kier alpha value is -1.36. The summed E-state index contributed by atoms with van der Waals surface area (Å²) < 4.78 is 0. The molecule has 1 saturated carbocycles. The van der Waals surface area contributed by atoms with E-state index in [0.29, 0.717) is 6.04 Å². The second-order valence-corrected chi connectivity index (χ2v) is 5.61. The van der Waals surface area contributed by atoms with Crippen molar-refractivity contribution in [3.63, 3.8) is 0 Å². The Bertz CT molecular complexity index is 412. The van der Waals surface area contributed by atoms with Crippen LogP contribution in [0.3, 0.4) is 0 Å². The lowest BCUT2D eigenvalue weighted by Gasteiger charge is -2.30. The Kier molecular flexibility index (Phi) is 3.82. The molecule has 0 atom stereocenters. The Labute approximate surface area is 114 Å². The molecule has 3 rings (SSSR count). The van der Waals surface area contributed by atoms with E-state index in [1.165, 1.54) is 25.7 Å². The summed E-state index contributed by atoms with van der Waals surface area (Å²) in [5, 5.41) is 13.0. The van der Waals surface area contributed by atoms with Crippen molar-refractivity contribution in [1.29, 1.82) is 0 Å². The molecule has 0 spiro atoms.